The molecule has 0 amide bonds. The molecule has 0 aromatic carbocycles. The van der Waals surface area contributed by atoms with E-state index in [1.807, 2.05) is 10.6 Å². The molecule has 2 rings (SSSR count). The smallest absolute Gasteiger partial charge is 0.261 e. The number of pyridine rings is 1. The van der Waals surface area contributed by atoms with Crippen molar-refractivity contribution in [3.63, 3.8) is 0 Å². The maximum absolute atomic E-state index is 11.9. The predicted octanol–water partition coefficient (Wildman–Crippen LogP) is 2.45. The van der Waals surface area contributed by atoms with Crippen LogP contribution in [0.5, 0.6) is 0 Å². The van der Waals surface area contributed by atoms with Crippen LogP contribution in [0.1, 0.15) is 5.82 Å². The van der Waals surface area contributed by atoms with E-state index in [9.17, 15) is 8.78 Å². The van der Waals surface area contributed by atoms with Gasteiger partial charge in [-0.1, -0.05) is 0 Å². The highest BCUT2D eigenvalue weighted by Gasteiger charge is 2.10. The zero-order valence-corrected chi connectivity index (χ0v) is 10.3. The van der Waals surface area contributed by atoms with Crippen LogP contribution in [-0.4, -0.2) is 34.2 Å². The van der Waals surface area contributed by atoms with Gasteiger partial charge in [0, 0.05) is 12.7 Å². The molecule has 0 unspecified atom stereocenters. The largest absolute Gasteiger partial charge is 0.374 e. The molecular formula is C11H12ClF2N3O. The lowest BCUT2D eigenvalue weighted by Gasteiger charge is -2.08. The fraction of sp³-hybridized carbons (Fsp3) is 0.455. The van der Waals surface area contributed by atoms with Crippen molar-refractivity contribution in [1.29, 1.82) is 0 Å². The Morgan fingerprint density at radius 2 is 2.28 bits per heavy atom. The zero-order valence-electron chi connectivity index (χ0n) is 9.52. The molecule has 0 atom stereocenters. The minimum absolute atomic E-state index is 0.196. The monoisotopic (exact) mass is 275 g/mol. The minimum Gasteiger partial charge on any atom is -0.374 e. The zero-order chi connectivity index (χ0) is 13.0. The topological polar surface area (TPSA) is 39.9 Å². The summed E-state index contributed by atoms with van der Waals surface area (Å²) in [6.45, 7) is 0.0850. The van der Waals surface area contributed by atoms with Gasteiger partial charge in [0.15, 0.2) is 0 Å². The maximum atomic E-state index is 11.9. The molecule has 0 aliphatic rings. The average Bonchev–Trinajstić information content (AvgIpc) is 2.72. The molecule has 0 saturated carbocycles. The molecule has 2 aromatic rings. The summed E-state index contributed by atoms with van der Waals surface area (Å²) in [5.74, 6) is 0.934. The van der Waals surface area contributed by atoms with Gasteiger partial charge in [0.25, 0.3) is 6.43 Å². The molecule has 4 nitrogen and oxygen atoms in total. The molecule has 0 N–H and O–H groups in total. The van der Waals surface area contributed by atoms with Gasteiger partial charge in [0.05, 0.1) is 24.2 Å². The number of fused-ring (bicyclic) bond motifs is 1. The second-order valence-electron chi connectivity index (χ2n) is 3.64. The Labute approximate surface area is 108 Å². The first-order chi connectivity index (χ1) is 8.72. The van der Waals surface area contributed by atoms with Gasteiger partial charge in [-0.05, 0) is 6.07 Å². The number of rotatable bonds is 6. The van der Waals surface area contributed by atoms with Crippen molar-refractivity contribution < 1.29 is 13.5 Å². The Balaban J connectivity index is 2.10. The highest BCUT2D eigenvalue weighted by Crippen LogP contribution is 2.16. The summed E-state index contributed by atoms with van der Waals surface area (Å²) in [6, 6.07) is 1.81. The van der Waals surface area contributed by atoms with Gasteiger partial charge in [0.2, 0.25) is 0 Å². The molecule has 2 heterocycles. The van der Waals surface area contributed by atoms with E-state index in [2.05, 4.69) is 9.97 Å². The van der Waals surface area contributed by atoms with Crippen molar-refractivity contribution in [1.82, 2.24) is 14.5 Å². The highest BCUT2D eigenvalue weighted by atomic mass is 35.5. The second-order valence-corrected chi connectivity index (χ2v) is 3.91. The molecule has 18 heavy (non-hydrogen) atoms. The van der Waals surface area contributed by atoms with E-state index in [1.54, 1.807) is 12.4 Å². The molecule has 0 radical (unpaired) electrons. The number of ether oxygens (including phenoxy) is 1. The summed E-state index contributed by atoms with van der Waals surface area (Å²) in [5.41, 5.74) is 1.61. The van der Waals surface area contributed by atoms with Crippen LogP contribution < -0.4 is 0 Å². The van der Waals surface area contributed by atoms with Gasteiger partial charge in [-0.2, -0.15) is 0 Å². The Hall–Kier alpha value is -1.27. The average molecular weight is 276 g/mol. The van der Waals surface area contributed by atoms with E-state index in [1.165, 1.54) is 0 Å². The van der Waals surface area contributed by atoms with Crippen molar-refractivity contribution in [3.8, 4) is 0 Å². The van der Waals surface area contributed by atoms with E-state index in [0.29, 0.717) is 12.4 Å². The number of hydrogen-bond donors (Lipinski definition) is 0. The van der Waals surface area contributed by atoms with Crippen LogP contribution in [-0.2, 0) is 17.2 Å². The van der Waals surface area contributed by atoms with Gasteiger partial charge < -0.3 is 9.30 Å². The van der Waals surface area contributed by atoms with Gasteiger partial charge >= 0.3 is 0 Å². The molecule has 0 aliphatic heterocycles. The second kappa shape index (κ2) is 6.06. The van der Waals surface area contributed by atoms with Crippen LogP contribution in [0.25, 0.3) is 11.0 Å². The first-order valence-electron chi connectivity index (χ1n) is 5.43. The van der Waals surface area contributed by atoms with E-state index in [-0.39, 0.29) is 12.5 Å². The summed E-state index contributed by atoms with van der Waals surface area (Å²) < 4.78 is 30.6. The lowest BCUT2D eigenvalue weighted by atomic mass is 10.4. The van der Waals surface area contributed by atoms with Crippen LogP contribution in [0.3, 0.4) is 0 Å². The van der Waals surface area contributed by atoms with Crippen molar-refractivity contribution in [2.45, 2.75) is 18.9 Å². The van der Waals surface area contributed by atoms with Crippen LogP contribution in [0.15, 0.2) is 18.5 Å². The van der Waals surface area contributed by atoms with Crippen LogP contribution >= 0.6 is 11.6 Å². The summed E-state index contributed by atoms with van der Waals surface area (Å²) >= 11 is 5.80. The maximum Gasteiger partial charge on any atom is 0.261 e. The molecule has 0 spiro atoms. The molecule has 0 aliphatic carbocycles. The molecule has 98 valence electrons. The molecule has 0 saturated heterocycles. The van der Waals surface area contributed by atoms with E-state index >= 15 is 0 Å². The quantitative estimate of drug-likeness (QED) is 0.600. The summed E-state index contributed by atoms with van der Waals surface area (Å²) in [5, 5.41) is 0. The van der Waals surface area contributed by atoms with Crippen molar-refractivity contribution in [2.24, 2.45) is 0 Å². The third-order valence-electron chi connectivity index (χ3n) is 2.45. The lowest BCUT2D eigenvalue weighted by molar-refractivity contribution is 0.0149. The van der Waals surface area contributed by atoms with Gasteiger partial charge in [-0.25, -0.2) is 13.8 Å². The van der Waals surface area contributed by atoms with Crippen LogP contribution in [0, 0.1) is 0 Å². The Morgan fingerprint density at radius 1 is 1.44 bits per heavy atom. The van der Waals surface area contributed by atoms with Crippen LogP contribution in [0.2, 0.25) is 0 Å². The summed E-state index contributed by atoms with van der Waals surface area (Å²) in [4.78, 5) is 8.28. The highest BCUT2D eigenvalue weighted by molar-refractivity contribution is 6.16. The molecule has 0 bridgehead atoms. The number of alkyl halides is 3. The summed E-state index contributed by atoms with van der Waals surface area (Å²) in [6.07, 6.45) is 0.849. The van der Waals surface area contributed by atoms with Gasteiger partial charge in [-0.15, -0.1) is 11.6 Å². The van der Waals surface area contributed by atoms with E-state index in [0.717, 1.165) is 11.0 Å². The Morgan fingerprint density at radius 3 is 3.00 bits per heavy atom. The summed E-state index contributed by atoms with van der Waals surface area (Å²) in [7, 11) is 0. The predicted molar refractivity (Wildman–Crippen MR) is 63.9 cm³/mol. The van der Waals surface area contributed by atoms with E-state index in [4.69, 9.17) is 16.3 Å². The Kier molecular flexibility index (Phi) is 4.43. The number of halogens is 3. The SMILES string of the molecule is FC(F)COCCn1c(CCl)nc2cnccc21. The fourth-order valence-electron chi connectivity index (χ4n) is 1.71. The number of nitrogens with zero attached hydrogens (tertiary/aromatic N) is 3. The van der Waals surface area contributed by atoms with Crippen molar-refractivity contribution >= 4 is 22.6 Å². The normalized spacial score (nSPS) is 11.6. The first-order valence-corrected chi connectivity index (χ1v) is 5.97. The number of imidazole rings is 1. The number of hydrogen-bond acceptors (Lipinski definition) is 3. The third kappa shape index (κ3) is 2.94. The van der Waals surface area contributed by atoms with Gasteiger partial charge in [-0.3, -0.25) is 4.98 Å². The lowest BCUT2D eigenvalue weighted by Crippen LogP contribution is -2.12. The number of aromatic nitrogens is 3. The molecular weight excluding hydrogens is 264 g/mol. The third-order valence-corrected chi connectivity index (χ3v) is 2.69. The standard InChI is InChI=1S/C11H12ClF2N3O/c12-5-11-16-8-6-15-2-1-9(8)17(11)3-4-18-7-10(13)14/h1-2,6,10H,3-5,7H2. The van der Waals surface area contributed by atoms with E-state index < -0.39 is 13.0 Å². The first kappa shape index (κ1) is 13.2. The van der Waals surface area contributed by atoms with Gasteiger partial charge in [0.1, 0.15) is 17.9 Å². The van der Waals surface area contributed by atoms with Crippen molar-refractivity contribution in [3.05, 3.63) is 24.3 Å². The minimum atomic E-state index is -2.44. The van der Waals surface area contributed by atoms with Crippen LogP contribution in [0.4, 0.5) is 8.78 Å². The molecule has 0 fully saturated rings. The molecule has 7 heteroatoms. The fourth-order valence-corrected chi connectivity index (χ4v) is 1.92. The van der Waals surface area contributed by atoms with Crippen molar-refractivity contribution in [2.75, 3.05) is 13.2 Å². The Bertz CT molecular complexity index is 518. The molecule has 2 aromatic heterocycles.